The van der Waals surface area contributed by atoms with E-state index in [0.717, 1.165) is 12.0 Å². The molecule has 0 amide bonds. The SMILES string of the molecule is Nc1ncnc2c1nc(COCP(=O)(O)O)n2CCc1ccccc1. The summed E-state index contributed by atoms with van der Waals surface area (Å²) in [6.45, 7) is 0.515. The van der Waals surface area contributed by atoms with Crippen molar-refractivity contribution in [3.8, 4) is 0 Å². The second-order valence-corrected chi connectivity index (χ2v) is 7.08. The standard InChI is InChI=1S/C15H18N5O4P/c16-14-13-15(18-9-17-14)20(7-6-11-4-2-1-3-5-11)12(19-13)8-24-10-25(21,22)23/h1-5,9H,6-8,10H2,(H2,16,17,18)(H2,21,22,23). The van der Waals surface area contributed by atoms with Gasteiger partial charge in [0.15, 0.2) is 17.0 Å². The zero-order valence-electron chi connectivity index (χ0n) is 13.3. The third-order valence-electron chi connectivity index (χ3n) is 3.60. The topological polar surface area (TPSA) is 136 Å². The van der Waals surface area contributed by atoms with E-state index in [1.807, 2.05) is 34.9 Å². The van der Waals surface area contributed by atoms with Gasteiger partial charge in [0.05, 0.1) is 0 Å². The van der Waals surface area contributed by atoms with E-state index < -0.39 is 13.9 Å². The molecule has 0 saturated carbocycles. The Balaban J connectivity index is 1.86. The molecular weight excluding hydrogens is 345 g/mol. The summed E-state index contributed by atoms with van der Waals surface area (Å²) in [7, 11) is -4.24. The third kappa shape index (κ3) is 4.40. The van der Waals surface area contributed by atoms with E-state index in [-0.39, 0.29) is 12.4 Å². The zero-order valence-corrected chi connectivity index (χ0v) is 14.2. The van der Waals surface area contributed by atoms with E-state index >= 15 is 0 Å². The lowest BCUT2D eigenvalue weighted by Crippen LogP contribution is -2.09. The van der Waals surface area contributed by atoms with Crippen LogP contribution in [0.25, 0.3) is 11.2 Å². The normalized spacial score (nSPS) is 11.9. The largest absolute Gasteiger partial charge is 0.382 e. The van der Waals surface area contributed by atoms with Gasteiger partial charge < -0.3 is 24.8 Å². The second-order valence-electron chi connectivity index (χ2n) is 5.49. The molecule has 0 spiro atoms. The highest BCUT2D eigenvalue weighted by Gasteiger charge is 2.17. The van der Waals surface area contributed by atoms with E-state index in [1.165, 1.54) is 6.33 Å². The molecule has 3 aromatic rings. The fraction of sp³-hybridized carbons (Fsp3) is 0.267. The number of aromatic nitrogens is 4. The average Bonchev–Trinajstić information content (AvgIpc) is 2.92. The molecule has 25 heavy (non-hydrogen) atoms. The van der Waals surface area contributed by atoms with Crippen LogP contribution in [-0.4, -0.2) is 35.7 Å². The zero-order chi connectivity index (χ0) is 17.9. The minimum absolute atomic E-state index is 0.0598. The number of anilines is 1. The second kappa shape index (κ2) is 7.28. The Kier molecular flexibility index (Phi) is 5.10. The first kappa shape index (κ1) is 17.5. The summed E-state index contributed by atoms with van der Waals surface area (Å²) in [4.78, 5) is 30.4. The van der Waals surface area contributed by atoms with Gasteiger partial charge in [0, 0.05) is 6.54 Å². The molecule has 0 radical (unpaired) electrons. The van der Waals surface area contributed by atoms with E-state index in [2.05, 4.69) is 15.0 Å². The van der Waals surface area contributed by atoms with Crippen LogP contribution in [0, 0.1) is 0 Å². The van der Waals surface area contributed by atoms with Crippen molar-refractivity contribution in [2.75, 3.05) is 12.1 Å². The molecule has 1 aromatic carbocycles. The van der Waals surface area contributed by atoms with E-state index in [1.54, 1.807) is 0 Å². The molecule has 3 rings (SSSR count). The Hall–Kier alpha value is -2.32. The predicted octanol–water partition coefficient (Wildman–Crippen LogP) is 1.30. The molecule has 0 fully saturated rings. The fourth-order valence-electron chi connectivity index (χ4n) is 2.49. The molecule has 0 aliphatic carbocycles. The number of benzene rings is 1. The summed E-state index contributed by atoms with van der Waals surface area (Å²) in [5.74, 6) is 0.742. The molecule has 0 unspecified atom stereocenters. The number of imidazole rings is 1. The number of rotatable bonds is 7. The highest BCUT2D eigenvalue weighted by molar-refractivity contribution is 7.51. The fourth-order valence-corrected chi connectivity index (χ4v) is 2.81. The van der Waals surface area contributed by atoms with Gasteiger partial charge in [0.25, 0.3) is 0 Å². The van der Waals surface area contributed by atoms with Gasteiger partial charge in [-0.2, -0.15) is 0 Å². The van der Waals surface area contributed by atoms with Crippen molar-refractivity contribution < 1.29 is 19.1 Å². The minimum Gasteiger partial charge on any atom is -0.382 e. The van der Waals surface area contributed by atoms with Gasteiger partial charge in [0.2, 0.25) is 0 Å². The van der Waals surface area contributed by atoms with Gasteiger partial charge in [-0.15, -0.1) is 0 Å². The van der Waals surface area contributed by atoms with Crippen LogP contribution >= 0.6 is 7.60 Å². The van der Waals surface area contributed by atoms with Gasteiger partial charge in [0.1, 0.15) is 25.1 Å². The Morgan fingerprint density at radius 1 is 1.20 bits per heavy atom. The number of hydrogen-bond donors (Lipinski definition) is 3. The van der Waals surface area contributed by atoms with Crippen LogP contribution in [0.15, 0.2) is 36.7 Å². The van der Waals surface area contributed by atoms with Crippen LogP contribution in [0.3, 0.4) is 0 Å². The summed E-state index contributed by atoms with van der Waals surface area (Å²) >= 11 is 0. The van der Waals surface area contributed by atoms with Gasteiger partial charge in [-0.25, -0.2) is 15.0 Å². The predicted molar refractivity (Wildman–Crippen MR) is 91.6 cm³/mol. The average molecular weight is 363 g/mol. The number of aryl methyl sites for hydroxylation is 2. The van der Waals surface area contributed by atoms with Crippen molar-refractivity contribution in [3.63, 3.8) is 0 Å². The molecular formula is C15H18N5O4P. The first-order chi connectivity index (χ1) is 11.9. The number of hydrogen-bond acceptors (Lipinski definition) is 6. The van der Waals surface area contributed by atoms with Crippen LogP contribution in [0.1, 0.15) is 11.4 Å². The molecule has 4 N–H and O–H groups in total. The van der Waals surface area contributed by atoms with Crippen molar-refractivity contribution >= 4 is 24.6 Å². The maximum absolute atomic E-state index is 10.9. The minimum atomic E-state index is -4.24. The smallest absolute Gasteiger partial charge is 0.350 e. The lowest BCUT2D eigenvalue weighted by molar-refractivity contribution is 0.137. The lowest BCUT2D eigenvalue weighted by atomic mass is 10.1. The highest BCUT2D eigenvalue weighted by Crippen LogP contribution is 2.34. The molecule has 0 bridgehead atoms. The highest BCUT2D eigenvalue weighted by atomic mass is 31.2. The summed E-state index contributed by atoms with van der Waals surface area (Å²) in [5, 5.41) is 0. The first-order valence-electron chi connectivity index (χ1n) is 7.56. The Bertz CT molecular complexity index is 909. The van der Waals surface area contributed by atoms with Crippen molar-refractivity contribution in [2.24, 2.45) is 0 Å². The monoisotopic (exact) mass is 363 g/mol. The van der Waals surface area contributed by atoms with Crippen molar-refractivity contribution in [1.29, 1.82) is 0 Å². The summed E-state index contributed by atoms with van der Waals surface area (Å²) in [6, 6.07) is 9.92. The molecule has 0 saturated heterocycles. The van der Waals surface area contributed by atoms with E-state index in [9.17, 15) is 4.57 Å². The first-order valence-corrected chi connectivity index (χ1v) is 9.35. The van der Waals surface area contributed by atoms with E-state index in [4.69, 9.17) is 20.3 Å². The molecule has 2 aromatic heterocycles. The molecule has 10 heteroatoms. The molecule has 0 aliphatic heterocycles. The summed E-state index contributed by atoms with van der Waals surface area (Å²) < 4.78 is 17.9. The number of fused-ring (bicyclic) bond motifs is 1. The van der Waals surface area contributed by atoms with Crippen LogP contribution in [-0.2, 0) is 28.9 Å². The van der Waals surface area contributed by atoms with Crippen LogP contribution in [0.4, 0.5) is 5.82 Å². The number of nitrogens with zero attached hydrogens (tertiary/aromatic N) is 4. The van der Waals surface area contributed by atoms with Crippen molar-refractivity contribution in [1.82, 2.24) is 19.5 Å². The van der Waals surface area contributed by atoms with Gasteiger partial charge in [-0.3, -0.25) is 4.57 Å². The summed E-state index contributed by atoms with van der Waals surface area (Å²) in [6.07, 6.45) is 1.43. The molecule has 0 atom stereocenters. The van der Waals surface area contributed by atoms with Crippen molar-refractivity contribution in [3.05, 3.63) is 48.0 Å². The van der Waals surface area contributed by atoms with Gasteiger partial charge in [-0.05, 0) is 12.0 Å². The maximum Gasteiger partial charge on any atom is 0.350 e. The van der Waals surface area contributed by atoms with Crippen molar-refractivity contribution in [2.45, 2.75) is 19.6 Å². The van der Waals surface area contributed by atoms with E-state index in [0.29, 0.717) is 23.5 Å². The Labute approximate surface area is 143 Å². The third-order valence-corrected chi connectivity index (χ3v) is 4.12. The van der Waals surface area contributed by atoms with Crippen LogP contribution in [0.5, 0.6) is 0 Å². The lowest BCUT2D eigenvalue weighted by Gasteiger charge is -2.10. The van der Waals surface area contributed by atoms with Crippen LogP contribution in [0.2, 0.25) is 0 Å². The quantitative estimate of drug-likeness (QED) is 0.534. The van der Waals surface area contributed by atoms with Crippen LogP contribution < -0.4 is 5.73 Å². The Morgan fingerprint density at radius 2 is 1.96 bits per heavy atom. The molecule has 9 nitrogen and oxygen atoms in total. The number of nitrogens with two attached hydrogens (primary N) is 1. The van der Waals surface area contributed by atoms with Gasteiger partial charge in [-0.1, -0.05) is 30.3 Å². The van der Waals surface area contributed by atoms with Gasteiger partial charge >= 0.3 is 7.60 Å². The number of nitrogen functional groups attached to an aromatic ring is 1. The molecule has 2 heterocycles. The summed E-state index contributed by atoms with van der Waals surface area (Å²) in [5.41, 5.74) is 8.02. The molecule has 132 valence electrons. The Morgan fingerprint density at radius 3 is 2.68 bits per heavy atom. The number of ether oxygens (including phenoxy) is 1. The molecule has 0 aliphatic rings. The maximum atomic E-state index is 10.9.